The number of benzene rings is 1. The summed E-state index contributed by atoms with van der Waals surface area (Å²) < 4.78 is 5.01. The number of amides is 2. The summed E-state index contributed by atoms with van der Waals surface area (Å²) >= 11 is 7.21. The van der Waals surface area contributed by atoms with Gasteiger partial charge in [0.25, 0.3) is 5.91 Å². The third-order valence-electron chi connectivity index (χ3n) is 3.98. The number of halogens is 1. The lowest BCUT2D eigenvalue weighted by molar-refractivity contribution is -0.118. The first kappa shape index (κ1) is 21.9. The molecule has 2 N–H and O–H groups in total. The number of rotatable bonds is 7. The van der Waals surface area contributed by atoms with E-state index in [2.05, 4.69) is 10.6 Å². The molecule has 0 spiro atoms. The van der Waals surface area contributed by atoms with Gasteiger partial charge in [-0.1, -0.05) is 37.6 Å². The number of esters is 1. The van der Waals surface area contributed by atoms with E-state index in [9.17, 15) is 14.4 Å². The molecule has 6 nitrogen and oxygen atoms in total. The average molecular weight is 423 g/mol. The van der Waals surface area contributed by atoms with E-state index < -0.39 is 17.9 Å². The lowest BCUT2D eigenvalue weighted by Gasteiger charge is -2.21. The van der Waals surface area contributed by atoms with Crippen molar-refractivity contribution < 1.29 is 19.1 Å². The highest BCUT2D eigenvalue weighted by atomic mass is 35.5. The number of aryl methyl sites for hydroxylation is 1. The first-order valence-corrected chi connectivity index (χ1v) is 10.1. The zero-order valence-corrected chi connectivity index (χ0v) is 17.7. The molecule has 0 fully saturated rings. The molecule has 8 heteroatoms. The molecule has 1 aromatic heterocycles. The van der Waals surface area contributed by atoms with Crippen molar-refractivity contribution in [3.63, 3.8) is 0 Å². The van der Waals surface area contributed by atoms with Crippen molar-refractivity contribution in [3.05, 3.63) is 51.4 Å². The minimum absolute atomic E-state index is 0.156. The summed E-state index contributed by atoms with van der Waals surface area (Å²) in [6, 6.07) is 7.59. The third-order valence-corrected chi connectivity index (χ3v) is 5.44. The number of carbonyl (C=O) groups is 3. The summed E-state index contributed by atoms with van der Waals surface area (Å²) in [6.45, 7) is 7.46. The molecular weight excluding hydrogens is 400 g/mol. The lowest BCUT2D eigenvalue weighted by atomic mass is 10.0. The molecule has 1 unspecified atom stereocenters. The van der Waals surface area contributed by atoms with Gasteiger partial charge in [0.15, 0.2) is 0 Å². The van der Waals surface area contributed by atoms with Gasteiger partial charge in [-0.3, -0.25) is 9.59 Å². The Kier molecular flexibility index (Phi) is 7.60. The molecule has 1 heterocycles. The van der Waals surface area contributed by atoms with Crippen LogP contribution in [0.15, 0.2) is 30.3 Å². The van der Waals surface area contributed by atoms with Crippen LogP contribution in [0.1, 0.15) is 46.4 Å². The normalized spacial score (nSPS) is 11.8. The summed E-state index contributed by atoms with van der Waals surface area (Å²) in [4.78, 5) is 37.7. The molecule has 0 aliphatic carbocycles. The van der Waals surface area contributed by atoms with E-state index >= 15 is 0 Å². The topological polar surface area (TPSA) is 84.5 Å². The fraction of sp³-hybridized carbons (Fsp3) is 0.350. The first-order chi connectivity index (χ1) is 13.2. The number of nitrogens with one attached hydrogen (secondary N) is 2. The highest BCUT2D eigenvalue weighted by Crippen LogP contribution is 2.28. The lowest BCUT2D eigenvalue weighted by Crippen LogP contribution is -2.47. The van der Waals surface area contributed by atoms with Crippen LogP contribution in [-0.2, 0) is 9.53 Å². The number of hydrogen-bond acceptors (Lipinski definition) is 5. The van der Waals surface area contributed by atoms with E-state index in [4.69, 9.17) is 16.3 Å². The Balaban J connectivity index is 2.13. The van der Waals surface area contributed by atoms with Crippen molar-refractivity contribution >= 4 is 45.7 Å². The van der Waals surface area contributed by atoms with E-state index in [0.717, 1.165) is 16.9 Å². The smallest absolute Gasteiger partial charge is 0.348 e. The van der Waals surface area contributed by atoms with Crippen LogP contribution in [0, 0.1) is 12.8 Å². The van der Waals surface area contributed by atoms with E-state index in [1.54, 1.807) is 44.2 Å². The van der Waals surface area contributed by atoms with Gasteiger partial charge in [0, 0.05) is 0 Å². The van der Waals surface area contributed by atoms with Crippen LogP contribution in [0.3, 0.4) is 0 Å². The Labute approximate surface area is 173 Å². The molecule has 2 rings (SSSR count). The highest BCUT2D eigenvalue weighted by Gasteiger charge is 2.26. The second-order valence-electron chi connectivity index (χ2n) is 6.51. The molecule has 28 heavy (non-hydrogen) atoms. The molecule has 150 valence electrons. The van der Waals surface area contributed by atoms with Crippen molar-refractivity contribution in [3.8, 4) is 0 Å². The fourth-order valence-corrected chi connectivity index (χ4v) is 3.73. The Hall–Kier alpha value is -2.38. The van der Waals surface area contributed by atoms with Crippen molar-refractivity contribution in [2.45, 2.75) is 33.7 Å². The number of carbonyl (C=O) groups excluding carboxylic acids is 3. The molecule has 2 amide bonds. The van der Waals surface area contributed by atoms with E-state index in [0.29, 0.717) is 20.5 Å². The van der Waals surface area contributed by atoms with Gasteiger partial charge < -0.3 is 15.4 Å². The number of anilines is 1. The van der Waals surface area contributed by atoms with Gasteiger partial charge in [-0.25, -0.2) is 4.79 Å². The maximum atomic E-state index is 12.8. The zero-order chi connectivity index (χ0) is 20.8. The largest absolute Gasteiger partial charge is 0.462 e. The summed E-state index contributed by atoms with van der Waals surface area (Å²) in [5, 5.41) is 6.35. The number of ether oxygens (including phenoxy) is 1. The fourth-order valence-electron chi connectivity index (χ4n) is 2.54. The molecule has 0 saturated carbocycles. The minimum atomic E-state index is -0.766. The molecule has 0 aliphatic rings. The van der Waals surface area contributed by atoms with Gasteiger partial charge in [0.05, 0.1) is 22.2 Å². The Bertz CT molecular complexity index is 879. The predicted molar refractivity (Wildman–Crippen MR) is 111 cm³/mol. The van der Waals surface area contributed by atoms with Gasteiger partial charge in [-0.2, -0.15) is 0 Å². The molecule has 0 saturated heterocycles. The van der Waals surface area contributed by atoms with Crippen molar-refractivity contribution in [1.29, 1.82) is 0 Å². The SMILES string of the molecule is CCOC(=O)c1sc(NC(=O)C(NC(=O)c2ccccc2Cl)C(C)C)cc1C. The molecular formula is C20H23ClN2O4S. The van der Waals surface area contributed by atoms with Crippen LogP contribution >= 0.6 is 22.9 Å². The third kappa shape index (κ3) is 5.33. The van der Waals surface area contributed by atoms with E-state index in [1.165, 1.54) is 0 Å². The molecule has 2 aromatic rings. The van der Waals surface area contributed by atoms with Crippen LogP contribution in [-0.4, -0.2) is 30.4 Å². The maximum Gasteiger partial charge on any atom is 0.348 e. The minimum Gasteiger partial charge on any atom is -0.462 e. The summed E-state index contributed by atoms with van der Waals surface area (Å²) in [6.07, 6.45) is 0. The van der Waals surface area contributed by atoms with Gasteiger partial charge in [-0.05, 0) is 43.5 Å². The monoisotopic (exact) mass is 422 g/mol. The molecule has 0 aliphatic heterocycles. The predicted octanol–water partition coefficient (Wildman–Crippen LogP) is 4.28. The van der Waals surface area contributed by atoms with E-state index in [-0.39, 0.29) is 18.4 Å². The summed E-state index contributed by atoms with van der Waals surface area (Å²) in [5.74, 6) is -1.36. The van der Waals surface area contributed by atoms with Crippen LogP contribution in [0.25, 0.3) is 0 Å². The van der Waals surface area contributed by atoms with Gasteiger partial charge in [-0.15, -0.1) is 11.3 Å². The van der Waals surface area contributed by atoms with Crippen LogP contribution in [0.2, 0.25) is 5.02 Å². The second-order valence-corrected chi connectivity index (χ2v) is 7.97. The molecule has 0 radical (unpaired) electrons. The van der Waals surface area contributed by atoms with Gasteiger partial charge in [0.2, 0.25) is 5.91 Å². The number of hydrogen-bond donors (Lipinski definition) is 2. The zero-order valence-electron chi connectivity index (χ0n) is 16.2. The highest BCUT2D eigenvalue weighted by molar-refractivity contribution is 7.18. The van der Waals surface area contributed by atoms with Crippen LogP contribution in [0.4, 0.5) is 5.00 Å². The van der Waals surface area contributed by atoms with Crippen molar-refractivity contribution in [2.24, 2.45) is 5.92 Å². The standard InChI is InChI=1S/C20H23ClN2O4S/c1-5-27-20(26)17-12(4)10-15(28-17)22-19(25)16(11(2)3)23-18(24)13-8-6-7-9-14(13)21/h6-11,16H,5H2,1-4H3,(H,22,25)(H,23,24). The van der Waals surface area contributed by atoms with Crippen LogP contribution in [0.5, 0.6) is 0 Å². The molecule has 1 atom stereocenters. The molecule has 1 aromatic carbocycles. The van der Waals surface area contributed by atoms with Gasteiger partial charge in [0.1, 0.15) is 10.9 Å². The van der Waals surface area contributed by atoms with Crippen molar-refractivity contribution in [1.82, 2.24) is 5.32 Å². The second kappa shape index (κ2) is 9.71. The summed E-state index contributed by atoms with van der Waals surface area (Å²) in [7, 11) is 0. The Morgan fingerprint density at radius 1 is 1.21 bits per heavy atom. The van der Waals surface area contributed by atoms with E-state index in [1.807, 2.05) is 13.8 Å². The average Bonchev–Trinajstić information content (AvgIpc) is 2.99. The Morgan fingerprint density at radius 3 is 2.50 bits per heavy atom. The van der Waals surface area contributed by atoms with Crippen molar-refractivity contribution in [2.75, 3.05) is 11.9 Å². The van der Waals surface area contributed by atoms with Gasteiger partial charge >= 0.3 is 5.97 Å². The Morgan fingerprint density at radius 2 is 1.89 bits per heavy atom. The maximum absolute atomic E-state index is 12.8. The van der Waals surface area contributed by atoms with Crippen LogP contribution < -0.4 is 10.6 Å². The quantitative estimate of drug-likeness (QED) is 0.652. The number of thiophene rings is 1. The molecule has 0 bridgehead atoms. The summed E-state index contributed by atoms with van der Waals surface area (Å²) in [5.41, 5.74) is 1.03. The first-order valence-electron chi connectivity index (χ1n) is 8.88.